The van der Waals surface area contributed by atoms with Crippen molar-refractivity contribution in [1.82, 2.24) is 4.98 Å². The van der Waals surface area contributed by atoms with E-state index in [9.17, 15) is 24.8 Å². The van der Waals surface area contributed by atoms with Crippen LogP contribution in [-0.2, 0) is 9.59 Å². The number of pyridine rings is 1. The van der Waals surface area contributed by atoms with E-state index in [0.717, 1.165) is 0 Å². The number of benzene rings is 2. The Hall–Kier alpha value is -4.53. The number of carbonyl (C=O) groups is 2. The molecular formula is C24H19N3O6. The van der Waals surface area contributed by atoms with Crippen molar-refractivity contribution >= 4 is 28.8 Å². The SMILES string of the molecule is CCOc1ccc(N2C(=O)C(=O)/C(=C(\O)c3ccc([N+](=O)[O-])cc3)C2c2ccccn2)cc1. The number of nitrogens with zero attached hydrogens (tertiary/aromatic N) is 3. The van der Waals surface area contributed by atoms with Gasteiger partial charge in [-0.2, -0.15) is 0 Å². The molecule has 1 aliphatic rings. The van der Waals surface area contributed by atoms with Gasteiger partial charge in [0, 0.05) is 29.6 Å². The summed E-state index contributed by atoms with van der Waals surface area (Å²) in [6.07, 6.45) is 1.53. The molecule has 1 fully saturated rings. The molecule has 1 N–H and O–H groups in total. The maximum Gasteiger partial charge on any atom is 0.300 e. The second-order valence-corrected chi connectivity index (χ2v) is 7.15. The van der Waals surface area contributed by atoms with E-state index in [2.05, 4.69) is 4.98 Å². The van der Waals surface area contributed by atoms with Crippen molar-refractivity contribution in [2.24, 2.45) is 0 Å². The highest BCUT2D eigenvalue weighted by atomic mass is 16.6. The fourth-order valence-electron chi connectivity index (χ4n) is 3.68. The summed E-state index contributed by atoms with van der Waals surface area (Å²) in [7, 11) is 0. The quantitative estimate of drug-likeness (QED) is 0.200. The molecule has 0 radical (unpaired) electrons. The van der Waals surface area contributed by atoms with E-state index >= 15 is 0 Å². The number of nitro benzene ring substituents is 1. The number of amides is 1. The first-order chi connectivity index (χ1) is 15.9. The molecule has 0 bridgehead atoms. The average molecular weight is 445 g/mol. The van der Waals surface area contributed by atoms with Gasteiger partial charge in [0.2, 0.25) is 0 Å². The van der Waals surface area contributed by atoms with Crippen LogP contribution in [0.4, 0.5) is 11.4 Å². The Morgan fingerprint density at radius 1 is 1.09 bits per heavy atom. The second-order valence-electron chi connectivity index (χ2n) is 7.15. The summed E-state index contributed by atoms with van der Waals surface area (Å²) in [4.78, 5) is 42.1. The first kappa shape index (κ1) is 21.7. The number of carbonyl (C=O) groups excluding carboxylic acids is 2. The van der Waals surface area contributed by atoms with Crippen LogP contribution in [0.2, 0.25) is 0 Å². The zero-order valence-electron chi connectivity index (χ0n) is 17.5. The number of nitro groups is 1. The summed E-state index contributed by atoms with van der Waals surface area (Å²) in [6, 6.07) is 15.8. The van der Waals surface area contributed by atoms with E-state index in [1.54, 1.807) is 42.5 Å². The van der Waals surface area contributed by atoms with Crippen molar-refractivity contribution in [2.45, 2.75) is 13.0 Å². The maximum absolute atomic E-state index is 13.1. The zero-order valence-corrected chi connectivity index (χ0v) is 17.5. The fraction of sp³-hybridized carbons (Fsp3) is 0.125. The molecule has 0 aliphatic carbocycles. The molecule has 1 saturated heterocycles. The van der Waals surface area contributed by atoms with Gasteiger partial charge in [-0.25, -0.2) is 0 Å². The lowest BCUT2D eigenvalue weighted by molar-refractivity contribution is -0.384. The highest BCUT2D eigenvalue weighted by Crippen LogP contribution is 2.41. The summed E-state index contributed by atoms with van der Waals surface area (Å²) in [5.74, 6) is -1.53. The average Bonchev–Trinajstić information content (AvgIpc) is 3.10. The summed E-state index contributed by atoms with van der Waals surface area (Å²) in [5, 5.41) is 22.0. The minimum atomic E-state index is -0.987. The summed E-state index contributed by atoms with van der Waals surface area (Å²) < 4.78 is 5.45. The Kier molecular flexibility index (Phi) is 5.86. The number of ketones is 1. The second kappa shape index (κ2) is 8.91. The molecule has 2 aromatic carbocycles. The van der Waals surface area contributed by atoms with Crippen LogP contribution in [0.1, 0.15) is 24.2 Å². The molecule has 1 aromatic heterocycles. The minimum Gasteiger partial charge on any atom is -0.507 e. The highest BCUT2D eigenvalue weighted by molar-refractivity contribution is 6.51. The smallest absolute Gasteiger partial charge is 0.300 e. The van der Waals surface area contributed by atoms with Gasteiger partial charge in [0.25, 0.3) is 17.4 Å². The molecule has 3 aromatic rings. The molecule has 0 saturated carbocycles. The van der Waals surface area contributed by atoms with E-state index in [1.165, 1.54) is 35.4 Å². The molecule has 0 spiro atoms. The molecule has 1 atom stereocenters. The van der Waals surface area contributed by atoms with Gasteiger partial charge in [-0.1, -0.05) is 6.07 Å². The molecule has 4 rings (SSSR count). The zero-order chi connectivity index (χ0) is 23.5. The molecule has 1 unspecified atom stereocenters. The van der Waals surface area contributed by atoms with Crippen LogP contribution in [-0.4, -0.2) is 33.3 Å². The molecule has 1 amide bonds. The normalized spacial score (nSPS) is 17.2. The predicted octanol–water partition coefficient (Wildman–Crippen LogP) is 4.01. The van der Waals surface area contributed by atoms with Crippen molar-refractivity contribution in [3.8, 4) is 5.75 Å². The van der Waals surface area contributed by atoms with Crippen molar-refractivity contribution < 1.29 is 24.4 Å². The van der Waals surface area contributed by atoms with E-state index in [4.69, 9.17) is 4.74 Å². The lowest BCUT2D eigenvalue weighted by Crippen LogP contribution is -2.29. The van der Waals surface area contributed by atoms with Gasteiger partial charge in [0.15, 0.2) is 0 Å². The number of aliphatic hydroxyl groups is 1. The summed E-state index contributed by atoms with van der Waals surface area (Å²) in [5.41, 5.74) is 0.670. The topological polar surface area (TPSA) is 123 Å². The number of ether oxygens (including phenoxy) is 1. The minimum absolute atomic E-state index is 0.151. The van der Waals surface area contributed by atoms with Gasteiger partial charge in [0.1, 0.15) is 17.6 Å². The van der Waals surface area contributed by atoms with Crippen LogP contribution in [0.25, 0.3) is 5.76 Å². The molecule has 33 heavy (non-hydrogen) atoms. The number of non-ortho nitro benzene ring substituents is 1. The van der Waals surface area contributed by atoms with Gasteiger partial charge in [0.05, 0.1) is 22.8 Å². The van der Waals surface area contributed by atoms with E-state index in [-0.39, 0.29) is 16.8 Å². The van der Waals surface area contributed by atoms with Crippen LogP contribution in [0.3, 0.4) is 0 Å². The Bertz CT molecular complexity index is 1240. The van der Waals surface area contributed by atoms with E-state index in [1.807, 2.05) is 6.92 Å². The monoisotopic (exact) mass is 445 g/mol. The van der Waals surface area contributed by atoms with Crippen LogP contribution in [0, 0.1) is 10.1 Å². The lowest BCUT2D eigenvalue weighted by atomic mass is 9.98. The predicted molar refractivity (Wildman–Crippen MR) is 120 cm³/mol. The molecule has 9 nitrogen and oxygen atoms in total. The largest absolute Gasteiger partial charge is 0.507 e. The van der Waals surface area contributed by atoms with Crippen LogP contribution in [0.5, 0.6) is 5.75 Å². The third-order valence-electron chi connectivity index (χ3n) is 5.19. The number of hydrogen-bond acceptors (Lipinski definition) is 7. The fourth-order valence-corrected chi connectivity index (χ4v) is 3.68. The number of anilines is 1. The van der Waals surface area contributed by atoms with Gasteiger partial charge >= 0.3 is 0 Å². The number of rotatable bonds is 6. The summed E-state index contributed by atoms with van der Waals surface area (Å²) in [6.45, 7) is 2.33. The molecule has 2 heterocycles. The number of Topliss-reactive ketones (excluding diaryl/α,β-unsaturated/α-hetero) is 1. The van der Waals surface area contributed by atoms with Crippen molar-refractivity contribution in [3.05, 3.63) is 99.9 Å². The van der Waals surface area contributed by atoms with Gasteiger partial charge in [-0.3, -0.25) is 29.6 Å². The van der Waals surface area contributed by atoms with Crippen LogP contribution in [0.15, 0.2) is 78.5 Å². The van der Waals surface area contributed by atoms with Crippen molar-refractivity contribution in [2.75, 3.05) is 11.5 Å². The van der Waals surface area contributed by atoms with Gasteiger partial charge < -0.3 is 9.84 Å². The lowest BCUT2D eigenvalue weighted by Gasteiger charge is -2.24. The first-order valence-electron chi connectivity index (χ1n) is 10.1. The van der Waals surface area contributed by atoms with Gasteiger partial charge in [-0.05, 0) is 55.5 Å². The Balaban J connectivity index is 1.85. The highest BCUT2D eigenvalue weighted by Gasteiger charge is 2.47. The molecule has 1 aliphatic heterocycles. The Morgan fingerprint density at radius 3 is 2.36 bits per heavy atom. The molecule has 9 heteroatoms. The third-order valence-corrected chi connectivity index (χ3v) is 5.19. The van der Waals surface area contributed by atoms with E-state index in [0.29, 0.717) is 23.7 Å². The standard InChI is InChI=1S/C24H19N3O6/c1-2-33-18-12-10-16(11-13-18)26-21(19-5-3-4-14-25-19)20(23(29)24(26)30)22(28)15-6-8-17(9-7-15)27(31)32/h3-14,21,28H,2H2,1H3/b22-20-. The molecule has 166 valence electrons. The maximum atomic E-state index is 13.1. The summed E-state index contributed by atoms with van der Waals surface area (Å²) >= 11 is 0. The Labute approximate surface area is 188 Å². The first-order valence-corrected chi connectivity index (χ1v) is 10.1. The number of hydrogen-bond donors (Lipinski definition) is 1. The number of aliphatic hydroxyl groups excluding tert-OH is 1. The van der Waals surface area contributed by atoms with Crippen molar-refractivity contribution in [3.63, 3.8) is 0 Å². The number of aromatic nitrogens is 1. The third kappa shape index (κ3) is 4.03. The van der Waals surface area contributed by atoms with Crippen molar-refractivity contribution in [1.29, 1.82) is 0 Å². The Morgan fingerprint density at radius 2 is 1.79 bits per heavy atom. The van der Waals surface area contributed by atoms with Crippen LogP contribution >= 0.6 is 0 Å². The molecular weight excluding hydrogens is 426 g/mol. The van der Waals surface area contributed by atoms with E-state index < -0.39 is 28.4 Å². The van der Waals surface area contributed by atoms with Crippen LogP contribution < -0.4 is 9.64 Å². The van der Waals surface area contributed by atoms with Gasteiger partial charge in [-0.15, -0.1) is 0 Å².